The minimum Gasteiger partial charge on any atom is -0.412 e. The number of rotatable bonds is 0. The van der Waals surface area contributed by atoms with Crippen molar-refractivity contribution >= 4 is 0 Å². The second-order valence-electron chi connectivity index (χ2n) is 0. The largest absolute Gasteiger partial charge is 0.412 e. The van der Waals surface area contributed by atoms with Crippen LogP contribution in [0, 0.1) is 0 Å². The van der Waals surface area contributed by atoms with Crippen molar-refractivity contribution in [3.05, 3.63) is 0 Å². The smallest absolute Gasteiger partial charge is 0 e. The van der Waals surface area contributed by atoms with E-state index in [2.05, 4.69) is 0 Å². The van der Waals surface area contributed by atoms with E-state index < -0.39 is 0 Å². The average molecular weight is 262 g/mol. The Labute approximate surface area is 58.2 Å². The maximum Gasteiger partial charge on any atom is 0 e. The minimum absolute atomic E-state index is 0. The van der Waals surface area contributed by atoms with Gasteiger partial charge in [0.2, 0.25) is 0 Å². The molecule has 0 saturated carbocycles. The zero-order chi connectivity index (χ0) is 0. The summed E-state index contributed by atoms with van der Waals surface area (Å²) in [5.41, 5.74) is 0. The van der Waals surface area contributed by atoms with Crippen LogP contribution in [-0.4, -0.2) is 11.0 Å². The van der Waals surface area contributed by atoms with E-state index in [9.17, 15) is 0 Å². The van der Waals surface area contributed by atoms with E-state index in [-0.39, 0.29) is 58.5 Å². The molecule has 2 nitrogen and oxygen atoms in total. The third-order valence-electron chi connectivity index (χ3n) is 0. The van der Waals surface area contributed by atoms with Crippen LogP contribution in [0.2, 0.25) is 0 Å². The fourth-order valence-electron chi connectivity index (χ4n) is 0. The summed E-state index contributed by atoms with van der Waals surface area (Å²) in [5, 5.41) is 0. The van der Waals surface area contributed by atoms with E-state index >= 15 is 0 Å². The van der Waals surface area contributed by atoms with Crippen LogP contribution in [0.5, 0.6) is 0 Å². The van der Waals surface area contributed by atoms with E-state index in [1.54, 1.807) is 0 Å². The molecule has 0 unspecified atom stereocenters. The summed E-state index contributed by atoms with van der Waals surface area (Å²) in [6, 6.07) is 0. The molecule has 0 aromatic rings. The molecule has 24 valence electrons. The first kappa shape index (κ1) is 49.3. The molecule has 0 bridgehead atoms. The fraction of sp³-hybridized carbons (Fsp3) is 0. The van der Waals surface area contributed by atoms with Gasteiger partial charge in [0.15, 0.2) is 0 Å². The van der Waals surface area contributed by atoms with Gasteiger partial charge in [0.25, 0.3) is 0 Å². The predicted octanol–water partition coefficient (Wildman–Crippen LogP) is -1.65. The summed E-state index contributed by atoms with van der Waals surface area (Å²) < 4.78 is 0. The monoisotopic (exact) mass is 264 g/mol. The zero-order valence-corrected chi connectivity index (χ0v) is 7.15. The van der Waals surface area contributed by atoms with Gasteiger partial charge >= 0.3 is 0 Å². The van der Waals surface area contributed by atoms with Crippen LogP contribution in [0.25, 0.3) is 0 Å². The summed E-state index contributed by atoms with van der Waals surface area (Å²) in [6.07, 6.45) is 0. The van der Waals surface area contributed by atoms with Crippen LogP contribution < -0.4 is 0 Å². The average Bonchev–Trinajstić information content (AvgIpc) is 0. The van der Waals surface area contributed by atoms with Crippen molar-refractivity contribution < 1.29 is 58.5 Å². The molecule has 4 N–H and O–H groups in total. The van der Waals surface area contributed by atoms with Crippen LogP contribution in [0.15, 0.2) is 0 Å². The van der Waals surface area contributed by atoms with Crippen LogP contribution in [0.1, 0.15) is 0 Å². The molecule has 4 heavy (non-hydrogen) atoms. The van der Waals surface area contributed by atoms with Gasteiger partial charge < -0.3 is 11.0 Å². The molecule has 4 heteroatoms. The van der Waals surface area contributed by atoms with E-state index in [4.69, 9.17) is 0 Å². The number of hydrogen-bond acceptors (Lipinski definition) is 0. The standard InChI is InChI=1S/Hf.2H2O.Ti/h;2*1H2;. The molecular weight excluding hydrogens is 258 g/mol. The van der Waals surface area contributed by atoms with Crippen molar-refractivity contribution in [1.29, 1.82) is 0 Å². The first-order chi connectivity index (χ1) is 0. The molecule has 0 aliphatic heterocycles. The second kappa shape index (κ2) is 24.4. The van der Waals surface area contributed by atoms with Crippen LogP contribution in [-0.2, 0) is 47.6 Å². The van der Waals surface area contributed by atoms with E-state index in [1.165, 1.54) is 0 Å². The summed E-state index contributed by atoms with van der Waals surface area (Å²) in [6.45, 7) is 0. The molecule has 0 aliphatic rings. The van der Waals surface area contributed by atoms with Gasteiger partial charge in [-0.25, -0.2) is 0 Å². The van der Waals surface area contributed by atoms with Gasteiger partial charge in [0.05, 0.1) is 0 Å². The molecule has 0 aliphatic carbocycles. The van der Waals surface area contributed by atoms with Crippen LogP contribution in [0.4, 0.5) is 0 Å². The van der Waals surface area contributed by atoms with Crippen molar-refractivity contribution in [2.45, 2.75) is 0 Å². The Bertz CT molecular complexity index is 6.00. The molecule has 0 saturated heterocycles. The SMILES string of the molecule is O.O.[Hf].[Ti]. The van der Waals surface area contributed by atoms with E-state index in [1.807, 2.05) is 0 Å². The number of hydrogen-bond donors (Lipinski definition) is 0. The van der Waals surface area contributed by atoms with Gasteiger partial charge in [-0.2, -0.15) is 0 Å². The van der Waals surface area contributed by atoms with Crippen molar-refractivity contribution in [2.75, 3.05) is 0 Å². The molecule has 0 amide bonds. The molecule has 0 aromatic heterocycles. The van der Waals surface area contributed by atoms with Crippen molar-refractivity contribution in [3.63, 3.8) is 0 Å². The molecule has 0 fully saturated rings. The quantitative estimate of drug-likeness (QED) is 0.470. The fourth-order valence-corrected chi connectivity index (χ4v) is 0. The summed E-state index contributed by atoms with van der Waals surface area (Å²) in [7, 11) is 0. The Hall–Kier alpha value is 1.50. The van der Waals surface area contributed by atoms with Gasteiger partial charge in [0, 0.05) is 47.6 Å². The third-order valence-corrected chi connectivity index (χ3v) is 0. The summed E-state index contributed by atoms with van der Waals surface area (Å²) >= 11 is 0. The second-order valence-corrected chi connectivity index (χ2v) is 0. The molecular formula is H4HfO2Ti. The molecule has 0 radical (unpaired) electrons. The first-order valence-corrected chi connectivity index (χ1v) is 0. The van der Waals surface area contributed by atoms with E-state index in [0.29, 0.717) is 0 Å². The van der Waals surface area contributed by atoms with Gasteiger partial charge in [-0.15, -0.1) is 0 Å². The molecule has 0 spiro atoms. The third kappa shape index (κ3) is 9.71. The maximum atomic E-state index is 0. The Morgan fingerprint density at radius 3 is 0.750 bits per heavy atom. The summed E-state index contributed by atoms with van der Waals surface area (Å²) in [4.78, 5) is 0. The van der Waals surface area contributed by atoms with Gasteiger partial charge in [-0.3, -0.25) is 0 Å². The Kier molecular flexibility index (Phi) is 302. The van der Waals surface area contributed by atoms with Gasteiger partial charge in [0.1, 0.15) is 0 Å². The first-order valence-electron chi connectivity index (χ1n) is 0. The van der Waals surface area contributed by atoms with Gasteiger partial charge in [-0.05, 0) is 0 Å². The Morgan fingerprint density at radius 2 is 0.750 bits per heavy atom. The zero-order valence-electron chi connectivity index (χ0n) is 2.00. The van der Waals surface area contributed by atoms with Crippen molar-refractivity contribution in [3.8, 4) is 0 Å². The molecule has 0 atom stereocenters. The topological polar surface area (TPSA) is 63.0 Å². The Balaban J connectivity index is 0. The van der Waals surface area contributed by atoms with Gasteiger partial charge in [-0.1, -0.05) is 0 Å². The molecule has 0 rings (SSSR count). The molecule has 0 aromatic carbocycles. The van der Waals surface area contributed by atoms with Crippen molar-refractivity contribution in [1.82, 2.24) is 0 Å². The molecule has 0 heterocycles. The van der Waals surface area contributed by atoms with Crippen LogP contribution >= 0.6 is 0 Å². The van der Waals surface area contributed by atoms with Crippen LogP contribution in [0.3, 0.4) is 0 Å². The summed E-state index contributed by atoms with van der Waals surface area (Å²) in [5.74, 6) is 0. The maximum absolute atomic E-state index is 0. The predicted molar refractivity (Wildman–Crippen MR) is 7.23 cm³/mol. The van der Waals surface area contributed by atoms with Crippen molar-refractivity contribution in [2.24, 2.45) is 0 Å². The normalized spacial score (nSPS) is 0. The van der Waals surface area contributed by atoms with E-state index in [0.717, 1.165) is 0 Å². The Morgan fingerprint density at radius 1 is 0.750 bits per heavy atom. The minimum atomic E-state index is 0.